The minimum Gasteiger partial charge on any atom is -0.465 e. The second-order valence-electron chi connectivity index (χ2n) is 5.54. The Morgan fingerprint density at radius 2 is 1.70 bits per heavy atom. The summed E-state index contributed by atoms with van der Waals surface area (Å²) in [5.41, 5.74) is 4.12. The van der Waals surface area contributed by atoms with Crippen LogP contribution in [0, 0.1) is 0 Å². The number of benzene rings is 2. The van der Waals surface area contributed by atoms with E-state index in [1.54, 1.807) is 12.1 Å². The van der Waals surface area contributed by atoms with Gasteiger partial charge in [-0.2, -0.15) is 0 Å². The van der Waals surface area contributed by atoms with Gasteiger partial charge in [-0.3, -0.25) is 0 Å². The molecule has 118 valence electrons. The number of carbonyl (C=O) groups is 1. The lowest BCUT2D eigenvalue weighted by Gasteiger charge is -2.16. The fraction of sp³-hybridized carbons (Fsp3) is 0.222. The smallest absolute Gasteiger partial charge is 0.337 e. The van der Waals surface area contributed by atoms with E-state index in [4.69, 9.17) is 12.2 Å². The van der Waals surface area contributed by atoms with E-state index < -0.39 is 0 Å². The molecule has 0 unspecified atom stereocenters. The van der Waals surface area contributed by atoms with E-state index in [9.17, 15) is 4.79 Å². The third-order valence-electron chi connectivity index (χ3n) is 3.95. The van der Waals surface area contributed by atoms with Gasteiger partial charge in [-0.05, 0) is 60.5 Å². The maximum absolute atomic E-state index is 11.4. The number of methoxy groups -OCH3 is 1. The maximum Gasteiger partial charge on any atom is 0.337 e. The molecule has 0 spiro atoms. The number of hydrogen-bond acceptors (Lipinski definition) is 3. The molecule has 2 aromatic rings. The Bertz CT molecular complexity index is 703. The molecule has 0 radical (unpaired) electrons. The van der Waals surface area contributed by atoms with E-state index in [1.165, 1.54) is 18.2 Å². The van der Waals surface area contributed by atoms with Crippen LogP contribution in [0.4, 0.5) is 5.69 Å². The van der Waals surface area contributed by atoms with E-state index in [1.807, 2.05) is 12.1 Å². The zero-order chi connectivity index (χ0) is 16.2. The fourth-order valence-corrected chi connectivity index (χ4v) is 3.11. The van der Waals surface area contributed by atoms with Crippen molar-refractivity contribution in [3.63, 3.8) is 0 Å². The standard InChI is InChI=1S/C18H18N2O2S/c1-22-17(21)12-6-8-15(9-7-12)19-18(23)20-16-10-13-4-2-3-5-14(13)11-16/h2-9,16H,10-11H2,1H3,(H2,19,20,23). The molecule has 0 bridgehead atoms. The number of esters is 1. The highest BCUT2D eigenvalue weighted by Crippen LogP contribution is 2.21. The van der Waals surface area contributed by atoms with E-state index in [-0.39, 0.29) is 5.97 Å². The first kappa shape index (κ1) is 15.5. The summed E-state index contributed by atoms with van der Waals surface area (Å²) in [5, 5.41) is 7.09. The van der Waals surface area contributed by atoms with Gasteiger partial charge in [0.25, 0.3) is 0 Å². The molecule has 0 atom stereocenters. The van der Waals surface area contributed by atoms with Gasteiger partial charge in [-0.15, -0.1) is 0 Å². The topological polar surface area (TPSA) is 50.4 Å². The molecular formula is C18H18N2O2S. The van der Waals surface area contributed by atoms with Crippen LogP contribution >= 0.6 is 12.2 Å². The minimum atomic E-state index is -0.346. The van der Waals surface area contributed by atoms with Gasteiger partial charge in [0.1, 0.15) is 0 Å². The maximum atomic E-state index is 11.4. The summed E-state index contributed by atoms with van der Waals surface area (Å²) in [4.78, 5) is 11.4. The molecule has 0 fully saturated rings. The monoisotopic (exact) mass is 326 g/mol. The number of fused-ring (bicyclic) bond motifs is 1. The molecule has 0 saturated carbocycles. The third-order valence-corrected chi connectivity index (χ3v) is 4.17. The Hall–Kier alpha value is -2.40. The van der Waals surface area contributed by atoms with Gasteiger partial charge >= 0.3 is 5.97 Å². The molecule has 0 saturated heterocycles. The van der Waals surface area contributed by atoms with Crippen molar-refractivity contribution in [3.05, 3.63) is 65.2 Å². The van der Waals surface area contributed by atoms with Crippen LogP contribution < -0.4 is 10.6 Å². The van der Waals surface area contributed by atoms with Gasteiger partial charge in [0.05, 0.1) is 12.7 Å². The normalized spacial score (nSPS) is 13.3. The van der Waals surface area contributed by atoms with Gasteiger partial charge in [-0.1, -0.05) is 24.3 Å². The quantitative estimate of drug-likeness (QED) is 0.671. The van der Waals surface area contributed by atoms with Gasteiger partial charge in [0, 0.05) is 11.7 Å². The average molecular weight is 326 g/mol. The summed E-state index contributed by atoms with van der Waals surface area (Å²) in [7, 11) is 1.37. The predicted octanol–water partition coefficient (Wildman–Crippen LogP) is 2.93. The van der Waals surface area contributed by atoms with Crippen LogP contribution in [-0.4, -0.2) is 24.2 Å². The summed E-state index contributed by atoms with van der Waals surface area (Å²) in [6, 6.07) is 15.8. The van der Waals surface area contributed by atoms with E-state index >= 15 is 0 Å². The summed E-state index contributed by atoms with van der Waals surface area (Å²) in [6.07, 6.45) is 1.97. The molecule has 2 aromatic carbocycles. The molecule has 1 aliphatic carbocycles. The SMILES string of the molecule is COC(=O)c1ccc(NC(=S)NC2Cc3ccccc3C2)cc1. The van der Waals surface area contributed by atoms with E-state index in [2.05, 4.69) is 39.6 Å². The van der Waals surface area contributed by atoms with E-state index in [0.29, 0.717) is 16.7 Å². The predicted molar refractivity (Wildman–Crippen MR) is 94.8 cm³/mol. The number of hydrogen-bond donors (Lipinski definition) is 2. The molecule has 23 heavy (non-hydrogen) atoms. The summed E-state index contributed by atoms with van der Waals surface area (Å²) in [5.74, 6) is -0.346. The molecule has 4 nitrogen and oxygen atoms in total. The number of nitrogens with one attached hydrogen (secondary N) is 2. The molecule has 2 N–H and O–H groups in total. The van der Waals surface area contributed by atoms with Crippen molar-refractivity contribution in [1.29, 1.82) is 0 Å². The Labute approximate surface area is 140 Å². The number of ether oxygens (including phenoxy) is 1. The Kier molecular flexibility index (Phi) is 4.57. The van der Waals surface area contributed by atoms with Crippen molar-refractivity contribution < 1.29 is 9.53 Å². The molecule has 0 aliphatic heterocycles. The van der Waals surface area contributed by atoms with Crippen LogP contribution in [0.15, 0.2) is 48.5 Å². The van der Waals surface area contributed by atoms with Crippen LogP contribution in [0.2, 0.25) is 0 Å². The summed E-state index contributed by atoms with van der Waals surface area (Å²) >= 11 is 5.38. The lowest BCUT2D eigenvalue weighted by atomic mass is 10.1. The largest absolute Gasteiger partial charge is 0.465 e. The van der Waals surface area contributed by atoms with Gasteiger partial charge in [0.2, 0.25) is 0 Å². The average Bonchev–Trinajstić information content (AvgIpc) is 2.96. The third kappa shape index (κ3) is 3.68. The van der Waals surface area contributed by atoms with Crippen LogP contribution in [0.1, 0.15) is 21.5 Å². The molecule has 0 heterocycles. The summed E-state index contributed by atoms with van der Waals surface area (Å²) < 4.78 is 4.68. The van der Waals surface area contributed by atoms with Crippen LogP contribution in [0.3, 0.4) is 0 Å². The lowest BCUT2D eigenvalue weighted by molar-refractivity contribution is 0.0601. The van der Waals surface area contributed by atoms with E-state index in [0.717, 1.165) is 18.5 Å². The van der Waals surface area contributed by atoms with Crippen LogP contribution in [-0.2, 0) is 17.6 Å². The minimum absolute atomic E-state index is 0.321. The number of anilines is 1. The number of thiocarbonyl (C=S) groups is 1. The molecule has 0 aromatic heterocycles. The molecule has 0 amide bonds. The van der Waals surface area contributed by atoms with Crippen molar-refractivity contribution >= 4 is 29.0 Å². The van der Waals surface area contributed by atoms with Crippen molar-refractivity contribution in [1.82, 2.24) is 5.32 Å². The highest BCUT2D eigenvalue weighted by molar-refractivity contribution is 7.80. The second kappa shape index (κ2) is 6.79. The van der Waals surface area contributed by atoms with Gasteiger partial charge in [0.15, 0.2) is 5.11 Å². The highest BCUT2D eigenvalue weighted by Gasteiger charge is 2.21. The zero-order valence-corrected chi connectivity index (χ0v) is 13.7. The Morgan fingerprint density at radius 1 is 1.09 bits per heavy atom. The molecular weight excluding hydrogens is 308 g/mol. The number of rotatable bonds is 3. The van der Waals surface area contributed by atoms with Gasteiger partial charge in [-0.25, -0.2) is 4.79 Å². The highest BCUT2D eigenvalue weighted by atomic mass is 32.1. The number of carbonyl (C=O) groups excluding carboxylic acids is 1. The Balaban J connectivity index is 1.55. The fourth-order valence-electron chi connectivity index (χ4n) is 2.82. The lowest BCUT2D eigenvalue weighted by Crippen LogP contribution is -2.38. The van der Waals surface area contributed by atoms with Crippen molar-refractivity contribution in [3.8, 4) is 0 Å². The van der Waals surface area contributed by atoms with Crippen LogP contribution in [0.5, 0.6) is 0 Å². The summed E-state index contributed by atoms with van der Waals surface area (Å²) in [6.45, 7) is 0. The first-order valence-corrected chi connectivity index (χ1v) is 7.89. The molecule has 1 aliphatic rings. The Morgan fingerprint density at radius 3 is 2.26 bits per heavy atom. The first-order valence-electron chi connectivity index (χ1n) is 7.48. The second-order valence-corrected chi connectivity index (χ2v) is 5.95. The van der Waals surface area contributed by atoms with Crippen molar-refractivity contribution in [2.75, 3.05) is 12.4 Å². The van der Waals surface area contributed by atoms with Crippen LogP contribution in [0.25, 0.3) is 0 Å². The van der Waals surface area contributed by atoms with Crippen molar-refractivity contribution in [2.45, 2.75) is 18.9 Å². The van der Waals surface area contributed by atoms with Gasteiger partial charge < -0.3 is 15.4 Å². The molecule has 3 rings (SSSR count). The zero-order valence-electron chi connectivity index (χ0n) is 12.8. The van der Waals surface area contributed by atoms with Crippen molar-refractivity contribution in [2.24, 2.45) is 0 Å². The molecule has 5 heteroatoms. The first-order chi connectivity index (χ1) is 11.2.